The number of nitrogens with zero attached hydrogens (tertiary/aromatic N) is 3. The molecule has 0 unspecified atom stereocenters. The number of rotatable bonds is 6. The maximum absolute atomic E-state index is 12.9. The zero-order valence-electron chi connectivity index (χ0n) is 18.9. The summed E-state index contributed by atoms with van der Waals surface area (Å²) in [6.07, 6.45) is -2.23. The van der Waals surface area contributed by atoms with Crippen LogP contribution in [0.15, 0.2) is 54.6 Å². The fourth-order valence-corrected chi connectivity index (χ4v) is 4.04. The Labute approximate surface area is 199 Å². The number of alkyl halides is 3. The minimum absolute atomic E-state index is 0.0872. The number of halogens is 3. The summed E-state index contributed by atoms with van der Waals surface area (Å²) in [5, 5.41) is 10.6. The van der Waals surface area contributed by atoms with Gasteiger partial charge in [-0.05, 0) is 60.4 Å². The highest BCUT2D eigenvalue weighted by Crippen LogP contribution is 2.42. The first kappa shape index (κ1) is 22.7. The van der Waals surface area contributed by atoms with Gasteiger partial charge in [0.2, 0.25) is 5.91 Å². The van der Waals surface area contributed by atoms with Crippen molar-refractivity contribution >= 4 is 34.1 Å². The quantitative estimate of drug-likeness (QED) is 0.354. The normalized spacial score (nSPS) is 13.7. The van der Waals surface area contributed by atoms with Crippen molar-refractivity contribution < 1.29 is 18.0 Å². The summed E-state index contributed by atoms with van der Waals surface area (Å²) >= 11 is 0. The van der Waals surface area contributed by atoms with Gasteiger partial charge in [-0.25, -0.2) is 9.67 Å². The zero-order valence-corrected chi connectivity index (χ0v) is 18.9. The Morgan fingerprint density at radius 1 is 1.11 bits per heavy atom. The number of anilines is 3. The monoisotopic (exact) mass is 480 g/mol. The summed E-state index contributed by atoms with van der Waals surface area (Å²) in [5.41, 5.74) is 9.81. The summed E-state index contributed by atoms with van der Waals surface area (Å²) < 4.78 is 40.3. The van der Waals surface area contributed by atoms with Gasteiger partial charge in [-0.2, -0.15) is 18.3 Å². The molecule has 1 saturated carbocycles. The number of hydrogen-bond acceptors (Lipinski definition) is 5. The Bertz CT molecular complexity index is 1410. The molecular weight excluding hydrogens is 457 g/mol. The molecule has 1 fully saturated rings. The number of pyridine rings is 1. The SMILES string of the molecule is Cn1nc(N)c2c(-c3ccc(NCC(=O)Nc4cccc(C(F)(F)F)c4)cc3)cc(C3CC3)nc21. The van der Waals surface area contributed by atoms with Crippen molar-refractivity contribution in [3.8, 4) is 11.1 Å². The molecule has 0 aliphatic heterocycles. The van der Waals surface area contributed by atoms with Gasteiger partial charge in [-0.15, -0.1) is 0 Å². The van der Waals surface area contributed by atoms with Crippen LogP contribution in [0, 0.1) is 0 Å². The van der Waals surface area contributed by atoms with Gasteiger partial charge in [0.15, 0.2) is 11.5 Å². The molecule has 7 nitrogen and oxygen atoms in total. The van der Waals surface area contributed by atoms with Crippen LogP contribution in [0.25, 0.3) is 22.2 Å². The second-order valence-corrected chi connectivity index (χ2v) is 8.63. The van der Waals surface area contributed by atoms with Crippen LogP contribution in [-0.2, 0) is 18.0 Å². The lowest BCUT2D eigenvalue weighted by Crippen LogP contribution is -2.22. The van der Waals surface area contributed by atoms with Gasteiger partial charge >= 0.3 is 6.18 Å². The Hall–Kier alpha value is -4.08. The molecule has 5 rings (SSSR count). The van der Waals surface area contributed by atoms with E-state index in [0.29, 0.717) is 17.4 Å². The number of hydrogen-bond donors (Lipinski definition) is 3. The van der Waals surface area contributed by atoms with Crippen LogP contribution in [0.2, 0.25) is 0 Å². The Balaban J connectivity index is 1.30. The van der Waals surface area contributed by atoms with Crippen LogP contribution < -0.4 is 16.4 Å². The number of carbonyl (C=O) groups excluding carboxylic acids is 1. The minimum atomic E-state index is -4.47. The predicted octanol–water partition coefficient (Wildman–Crippen LogP) is 5.16. The van der Waals surface area contributed by atoms with Crippen LogP contribution in [0.5, 0.6) is 0 Å². The fourth-order valence-electron chi connectivity index (χ4n) is 4.04. The van der Waals surface area contributed by atoms with Crippen molar-refractivity contribution in [2.24, 2.45) is 7.05 Å². The van der Waals surface area contributed by atoms with E-state index >= 15 is 0 Å². The van der Waals surface area contributed by atoms with Gasteiger partial charge in [0.25, 0.3) is 0 Å². The first-order valence-electron chi connectivity index (χ1n) is 11.1. The number of nitrogens with one attached hydrogen (secondary N) is 2. The van der Waals surface area contributed by atoms with Crippen molar-refractivity contribution in [1.82, 2.24) is 14.8 Å². The van der Waals surface area contributed by atoms with E-state index < -0.39 is 17.6 Å². The van der Waals surface area contributed by atoms with Crippen molar-refractivity contribution in [2.45, 2.75) is 24.9 Å². The maximum Gasteiger partial charge on any atom is 0.416 e. The molecule has 0 spiro atoms. The number of aromatic nitrogens is 3. The highest BCUT2D eigenvalue weighted by Gasteiger charge is 2.30. The molecule has 1 amide bonds. The van der Waals surface area contributed by atoms with Gasteiger partial charge in [0.05, 0.1) is 17.5 Å². The number of nitrogens with two attached hydrogens (primary N) is 1. The van der Waals surface area contributed by atoms with E-state index in [1.165, 1.54) is 12.1 Å². The number of benzene rings is 2. The van der Waals surface area contributed by atoms with E-state index in [4.69, 9.17) is 10.7 Å². The molecular formula is C25H23F3N6O. The van der Waals surface area contributed by atoms with E-state index in [2.05, 4.69) is 21.8 Å². The van der Waals surface area contributed by atoms with E-state index in [1.54, 1.807) is 4.68 Å². The molecule has 35 heavy (non-hydrogen) atoms. The standard InChI is InChI=1S/C25H23F3N6O/c1-34-24-22(23(29)33-34)19(12-20(32-24)15-5-6-15)14-7-9-17(10-8-14)30-13-21(35)31-18-4-2-3-16(11-18)25(26,27)28/h2-4,7-12,15,30H,5-6,13H2,1H3,(H2,29,33)(H,31,35). The third kappa shape index (κ3) is 4.77. The van der Waals surface area contributed by atoms with Crippen molar-refractivity contribution in [2.75, 3.05) is 22.9 Å². The minimum Gasteiger partial charge on any atom is -0.382 e. The number of amides is 1. The van der Waals surface area contributed by atoms with Crippen molar-refractivity contribution in [3.05, 3.63) is 65.9 Å². The topological polar surface area (TPSA) is 97.9 Å². The molecule has 180 valence electrons. The number of carbonyl (C=O) groups is 1. The van der Waals surface area contributed by atoms with E-state index in [9.17, 15) is 18.0 Å². The molecule has 2 aromatic carbocycles. The zero-order chi connectivity index (χ0) is 24.7. The highest BCUT2D eigenvalue weighted by molar-refractivity contribution is 6.00. The van der Waals surface area contributed by atoms with Crippen LogP contribution in [-0.4, -0.2) is 27.2 Å². The molecule has 1 aliphatic carbocycles. The smallest absolute Gasteiger partial charge is 0.382 e. The third-order valence-electron chi connectivity index (χ3n) is 5.96. The molecule has 0 radical (unpaired) electrons. The van der Waals surface area contributed by atoms with E-state index in [0.717, 1.165) is 52.8 Å². The molecule has 0 atom stereocenters. The largest absolute Gasteiger partial charge is 0.416 e. The van der Waals surface area contributed by atoms with Gasteiger partial charge < -0.3 is 16.4 Å². The second-order valence-electron chi connectivity index (χ2n) is 8.63. The Morgan fingerprint density at radius 2 is 1.86 bits per heavy atom. The van der Waals surface area contributed by atoms with E-state index in [-0.39, 0.29) is 12.2 Å². The first-order chi connectivity index (χ1) is 16.7. The van der Waals surface area contributed by atoms with Crippen molar-refractivity contribution in [1.29, 1.82) is 0 Å². The maximum atomic E-state index is 12.9. The first-order valence-corrected chi connectivity index (χ1v) is 11.1. The summed E-state index contributed by atoms with van der Waals surface area (Å²) in [7, 11) is 1.82. The Morgan fingerprint density at radius 3 is 2.54 bits per heavy atom. The fraction of sp³-hybridized carbons (Fsp3) is 0.240. The van der Waals surface area contributed by atoms with Crippen molar-refractivity contribution in [3.63, 3.8) is 0 Å². The van der Waals surface area contributed by atoms with Crippen LogP contribution in [0.3, 0.4) is 0 Å². The average Bonchev–Trinajstić information content (AvgIpc) is 3.63. The van der Waals surface area contributed by atoms with Gasteiger partial charge in [-0.3, -0.25) is 4.79 Å². The molecule has 2 heterocycles. The summed E-state index contributed by atoms with van der Waals surface area (Å²) in [6, 6.07) is 14.1. The number of aryl methyl sites for hydroxylation is 1. The molecule has 2 aromatic heterocycles. The molecule has 1 aliphatic rings. The predicted molar refractivity (Wildman–Crippen MR) is 129 cm³/mol. The Kier molecular flexibility index (Phi) is 5.58. The molecule has 0 saturated heterocycles. The van der Waals surface area contributed by atoms with Gasteiger partial charge in [0.1, 0.15) is 0 Å². The summed E-state index contributed by atoms with van der Waals surface area (Å²) in [5.74, 6) is 0.424. The molecule has 4 aromatic rings. The number of fused-ring (bicyclic) bond motifs is 1. The summed E-state index contributed by atoms with van der Waals surface area (Å²) in [6.45, 7) is -0.101. The lowest BCUT2D eigenvalue weighted by Gasteiger charge is -2.11. The van der Waals surface area contributed by atoms with Gasteiger partial charge in [0, 0.05) is 30.0 Å². The summed E-state index contributed by atoms with van der Waals surface area (Å²) in [4.78, 5) is 17.0. The van der Waals surface area contributed by atoms with Gasteiger partial charge in [-0.1, -0.05) is 18.2 Å². The molecule has 4 N–H and O–H groups in total. The van der Waals surface area contributed by atoms with Crippen LogP contribution >= 0.6 is 0 Å². The highest BCUT2D eigenvalue weighted by atomic mass is 19.4. The third-order valence-corrected chi connectivity index (χ3v) is 5.96. The lowest BCUT2D eigenvalue weighted by atomic mass is 10.0. The number of nitrogen functional groups attached to an aromatic ring is 1. The molecule has 0 bridgehead atoms. The van der Waals surface area contributed by atoms with E-state index in [1.807, 2.05) is 31.3 Å². The van der Waals surface area contributed by atoms with Crippen LogP contribution in [0.4, 0.5) is 30.4 Å². The average molecular weight is 480 g/mol. The second kappa shape index (κ2) is 8.61. The molecule has 10 heteroatoms. The van der Waals surface area contributed by atoms with Crippen LogP contribution in [0.1, 0.15) is 30.0 Å². The lowest BCUT2D eigenvalue weighted by molar-refractivity contribution is -0.137.